The van der Waals surface area contributed by atoms with Crippen LogP contribution in [0.1, 0.15) is 38.2 Å². The summed E-state index contributed by atoms with van der Waals surface area (Å²) < 4.78 is 0. The van der Waals surface area contributed by atoms with Crippen LogP contribution in [0.4, 0.5) is 0 Å². The van der Waals surface area contributed by atoms with Gasteiger partial charge in [-0.25, -0.2) is 0 Å². The highest BCUT2D eigenvalue weighted by molar-refractivity contribution is 5.88. The van der Waals surface area contributed by atoms with Gasteiger partial charge in [0.2, 0.25) is 11.8 Å². The molecule has 6 heteroatoms. The van der Waals surface area contributed by atoms with E-state index >= 15 is 0 Å². The molecule has 6 nitrogen and oxygen atoms in total. The van der Waals surface area contributed by atoms with E-state index in [0.29, 0.717) is 19.4 Å². The van der Waals surface area contributed by atoms with Gasteiger partial charge in [-0.1, -0.05) is 43.7 Å². The van der Waals surface area contributed by atoms with Crippen LogP contribution in [0.5, 0.6) is 0 Å². The zero-order valence-electron chi connectivity index (χ0n) is 14.3. The molecule has 0 aromatic heterocycles. The highest BCUT2D eigenvalue weighted by Crippen LogP contribution is 2.05. The van der Waals surface area contributed by atoms with Gasteiger partial charge in [-0.2, -0.15) is 0 Å². The highest BCUT2D eigenvalue weighted by Gasteiger charge is 2.23. The molecule has 2 amide bonds. The molecule has 0 saturated heterocycles. The summed E-state index contributed by atoms with van der Waals surface area (Å²) in [4.78, 5) is 36.7. The van der Waals surface area contributed by atoms with E-state index in [9.17, 15) is 14.4 Å². The van der Waals surface area contributed by atoms with Crippen LogP contribution >= 0.6 is 0 Å². The largest absolute Gasteiger partial charge is 0.481 e. The fourth-order valence-electron chi connectivity index (χ4n) is 2.42. The number of carboxylic acid groups (broad SMARTS) is 1. The number of likely N-dealkylation sites (N-methyl/N-ethyl adjacent to an activating group) is 1. The molecule has 0 radical (unpaired) electrons. The lowest BCUT2D eigenvalue weighted by Gasteiger charge is -2.24. The van der Waals surface area contributed by atoms with Crippen molar-refractivity contribution in [3.05, 3.63) is 35.9 Å². The van der Waals surface area contributed by atoms with Gasteiger partial charge < -0.3 is 15.3 Å². The summed E-state index contributed by atoms with van der Waals surface area (Å²) in [6.07, 6.45) is 1.98. The molecular weight excluding hydrogens is 308 g/mol. The maximum absolute atomic E-state index is 12.5. The Labute approximate surface area is 142 Å². The highest BCUT2D eigenvalue weighted by atomic mass is 16.4. The standard InChI is InChI=1S/C18H26N2O4/c1-3-8-15(18(24)20(2)12-7-11-17(22)23)19-16(21)13-14-9-5-4-6-10-14/h4-6,9-10,15H,3,7-8,11-13H2,1-2H3,(H,19,21)(H,22,23). The van der Waals surface area contributed by atoms with E-state index in [1.165, 1.54) is 4.90 Å². The number of hydrogen-bond acceptors (Lipinski definition) is 3. The van der Waals surface area contributed by atoms with Gasteiger partial charge in [-0.3, -0.25) is 14.4 Å². The number of benzene rings is 1. The van der Waals surface area contributed by atoms with Gasteiger partial charge in [0.05, 0.1) is 6.42 Å². The lowest BCUT2D eigenvalue weighted by atomic mass is 10.1. The Morgan fingerprint density at radius 2 is 1.88 bits per heavy atom. The van der Waals surface area contributed by atoms with Crippen molar-refractivity contribution in [3.8, 4) is 0 Å². The zero-order chi connectivity index (χ0) is 17.9. The van der Waals surface area contributed by atoms with Crippen molar-refractivity contribution in [1.82, 2.24) is 10.2 Å². The van der Waals surface area contributed by atoms with Crippen LogP contribution in [-0.4, -0.2) is 47.4 Å². The van der Waals surface area contributed by atoms with Crippen LogP contribution < -0.4 is 5.32 Å². The minimum Gasteiger partial charge on any atom is -0.481 e. The molecule has 0 heterocycles. The number of carboxylic acids is 1. The van der Waals surface area contributed by atoms with Crippen molar-refractivity contribution in [3.63, 3.8) is 0 Å². The van der Waals surface area contributed by atoms with Gasteiger partial charge in [-0.05, 0) is 18.4 Å². The average molecular weight is 334 g/mol. The summed E-state index contributed by atoms with van der Waals surface area (Å²) in [6, 6.07) is 8.79. The number of aliphatic carboxylic acids is 1. The van der Waals surface area contributed by atoms with E-state index in [2.05, 4.69) is 5.32 Å². The molecule has 1 unspecified atom stereocenters. The summed E-state index contributed by atoms with van der Waals surface area (Å²) in [5, 5.41) is 11.5. The van der Waals surface area contributed by atoms with E-state index < -0.39 is 12.0 Å². The molecule has 1 aromatic carbocycles. The van der Waals surface area contributed by atoms with Crippen LogP contribution in [0.3, 0.4) is 0 Å². The minimum absolute atomic E-state index is 0.0242. The quantitative estimate of drug-likeness (QED) is 0.683. The number of carbonyl (C=O) groups excluding carboxylic acids is 2. The Morgan fingerprint density at radius 3 is 2.46 bits per heavy atom. The number of carbonyl (C=O) groups is 3. The van der Waals surface area contributed by atoms with Gasteiger partial charge in [0.1, 0.15) is 6.04 Å². The maximum Gasteiger partial charge on any atom is 0.303 e. The third-order valence-electron chi connectivity index (χ3n) is 3.68. The van der Waals surface area contributed by atoms with Gasteiger partial charge in [0.25, 0.3) is 0 Å². The molecule has 0 aliphatic rings. The first-order chi connectivity index (χ1) is 11.4. The molecule has 132 valence electrons. The molecule has 0 bridgehead atoms. The Hall–Kier alpha value is -2.37. The van der Waals surface area contributed by atoms with Crippen LogP contribution in [0.15, 0.2) is 30.3 Å². The van der Waals surface area contributed by atoms with Crippen LogP contribution in [-0.2, 0) is 20.8 Å². The molecule has 0 aliphatic carbocycles. The predicted molar refractivity (Wildman–Crippen MR) is 91.5 cm³/mol. The SMILES string of the molecule is CCCC(NC(=O)Cc1ccccc1)C(=O)N(C)CCCC(=O)O. The van der Waals surface area contributed by atoms with Crippen molar-refractivity contribution in [1.29, 1.82) is 0 Å². The fourth-order valence-corrected chi connectivity index (χ4v) is 2.42. The van der Waals surface area contributed by atoms with Crippen LogP contribution in [0, 0.1) is 0 Å². The minimum atomic E-state index is -0.878. The van der Waals surface area contributed by atoms with Crippen molar-refractivity contribution in [2.45, 2.75) is 45.1 Å². The predicted octanol–water partition coefficient (Wildman–Crippen LogP) is 1.84. The topological polar surface area (TPSA) is 86.7 Å². The van der Waals surface area contributed by atoms with Gasteiger partial charge in [0.15, 0.2) is 0 Å². The monoisotopic (exact) mass is 334 g/mol. The Bertz CT molecular complexity index is 545. The Kier molecular flexibility index (Phi) is 8.54. The third-order valence-corrected chi connectivity index (χ3v) is 3.68. The van der Waals surface area contributed by atoms with Gasteiger partial charge in [0, 0.05) is 20.0 Å². The van der Waals surface area contributed by atoms with E-state index in [0.717, 1.165) is 12.0 Å². The van der Waals surface area contributed by atoms with Crippen molar-refractivity contribution in [2.75, 3.05) is 13.6 Å². The summed E-state index contributed by atoms with van der Waals surface area (Å²) in [5.41, 5.74) is 0.896. The summed E-state index contributed by atoms with van der Waals surface area (Å²) in [5.74, 6) is -1.24. The Morgan fingerprint density at radius 1 is 1.21 bits per heavy atom. The van der Waals surface area contributed by atoms with Crippen molar-refractivity contribution in [2.24, 2.45) is 0 Å². The first-order valence-electron chi connectivity index (χ1n) is 8.24. The summed E-state index contributed by atoms with van der Waals surface area (Å²) >= 11 is 0. The molecule has 24 heavy (non-hydrogen) atoms. The lowest BCUT2D eigenvalue weighted by Crippen LogP contribution is -2.48. The first-order valence-corrected chi connectivity index (χ1v) is 8.24. The number of hydrogen-bond donors (Lipinski definition) is 2. The second kappa shape index (κ2) is 10.4. The summed E-state index contributed by atoms with van der Waals surface area (Å²) in [6.45, 7) is 2.31. The zero-order valence-corrected chi connectivity index (χ0v) is 14.3. The Balaban J connectivity index is 2.56. The first kappa shape index (κ1) is 19.7. The van der Waals surface area contributed by atoms with Crippen LogP contribution in [0.2, 0.25) is 0 Å². The van der Waals surface area contributed by atoms with E-state index in [-0.39, 0.29) is 24.7 Å². The molecule has 1 aromatic rings. The molecule has 1 rings (SSSR count). The maximum atomic E-state index is 12.5. The second-order valence-electron chi connectivity index (χ2n) is 5.83. The van der Waals surface area contributed by atoms with E-state index in [1.54, 1.807) is 7.05 Å². The smallest absolute Gasteiger partial charge is 0.303 e. The molecule has 1 atom stereocenters. The van der Waals surface area contributed by atoms with Crippen molar-refractivity contribution >= 4 is 17.8 Å². The molecular formula is C18H26N2O4. The van der Waals surface area contributed by atoms with E-state index in [4.69, 9.17) is 5.11 Å². The van der Waals surface area contributed by atoms with Gasteiger partial charge in [-0.15, -0.1) is 0 Å². The third kappa shape index (κ3) is 7.26. The molecule has 0 aliphatic heterocycles. The normalized spacial score (nSPS) is 11.6. The van der Waals surface area contributed by atoms with Gasteiger partial charge >= 0.3 is 5.97 Å². The fraction of sp³-hybridized carbons (Fsp3) is 0.500. The number of nitrogens with one attached hydrogen (secondary N) is 1. The number of amides is 2. The molecule has 0 saturated carbocycles. The summed E-state index contributed by atoms with van der Waals surface area (Å²) in [7, 11) is 1.64. The molecule has 0 fully saturated rings. The second-order valence-corrected chi connectivity index (χ2v) is 5.83. The molecule has 2 N–H and O–H groups in total. The van der Waals surface area contributed by atoms with Crippen molar-refractivity contribution < 1.29 is 19.5 Å². The number of rotatable bonds is 10. The molecule has 0 spiro atoms. The average Bonchev–Trinajstić information content (AvgIpc) is 2.54. The van der Waals surface area contributed by atoms with E-state index in [1.807, 2.05) is 37.3 Å². The lowest BCUT2D eigenvalue weighted by molar-refractivity contribution is -0.138. The number of nitrogens with zero attached hydrogens (tertiary/aromatic N) is 1. The van der Waals surface area contributed by atoms with Crippen LogP contribution in [0.25, 0.3) is 0 Å².